The monoisotopic (exact) mass is 288 g/mol. The molecular formula is C16H17FN2S. The Morgan fingerprint density at radius 1 is 1.35 bits per heavy atom. The van der Waals surface area contributed by atoms with Crippen molar-refractivity contribution in [1.82, 2.24) is 10.3 Å². The molecule has 0 spiro atoms. The molecule has 2 unspecified atom stereocenters. The van der Waals surface area contributed by atoms with E-state index in [1.165, 1.54) is 0 Å². The highest BCUT2D eigenvalue weighted by atomic mass is 32.2. The molecule has 0 fully saturated rings. The lowest BCUT2D eigenvalue weighted by Gasteiger charge is -2.29. The average Bonchev–Trinajstić information content (AvgIpc) is 2.49. The third-order valence-electron chi connectivity index (χ3n) is 3.66. The van der Waals surface area contributed by atoms with Crippen molar-refractivity contribution in [2.24, 2.45) is 0 Å². The second kappa shape index (κ2) is 5.94. The van der Waals surface area contributed by atoms with Crippen LogP contribution in [0.15, 0.2) is 47.6 Å². The second-order valence-corrected chi connectivity index (χ2v) is 6.13. The van der Waals surface area contributed by atoms with Crippen LogP contribution in [0, 0.1) is 5.82 Å². The normalized spacial score (nSPS) is 19.4. The van der Waals surface area contributed by atoms with Crippen LogP contribution in [0.1, 0.15) is 36.6 Å². The van der Waals surface area contributed by atoms with Crippen molar-refractivity contribution in [3.05, 3.63) is 59.7 Å². The molecule has 3 rings (SSSR count). The number of hydrogen-bond acceptors (Lipinski definition) is 3. The smallest absolute Gasteiger partial charge is 0.137 e. The van der Waals surface area contributed by atoms with Gasteiger partial charge in [-0.3, -0.25) is 4.98 Å². The number of rotatable bonds is 3. The predicted molar refractivity (Wildman–Crippen MR) is 80.3 cm³/mol. The molecule has 1 aliphatic rings. The van der Waals surface area contributed by atoms with Gasteiger partial charge in [-0.15, -0.1) is 11.8 Å². The Kier molecular flexibility index (Phi) is 4.03. The molecule has 1 aromatic carbocycles. The van der Waals surface area contributed by atoms with Crippen LogP contribution in [0.2, 0.25) is 0 Å². The summed E-state index contributed by atoms with van der Waals surface area (Å²) < 4.78 is 13.8. The van der Waals surface area contributed by atoms with Crippen molar-refractivity contribution < 1.29 is 4.39 Å². The quantitative estimate of drug-likeness (QED) is 0.920. The largest absolute Gasteiger partial charge is 0.303 e. The van der Waals surface area contributed by atoms with E-state index in [2.05, 4.69) is 23.3 Å². The molecular weight excluding hydrogens is 271 g/mol. The molecule has 0 amide bonds. The van der Waals surface area contributed by atoms with Crippen LogP contribution >= 0.6 is 11.8 Å². The minimum absolute atomic E-state index is 0.104. The molecule has 4 heteroatoms. The summed E-state index contributed by atoms with van der Waals surface area (Å²) in [5, 5.41) is 3.60. The fourth-order valence-electron chi connectivity index (χ4n) is 2.59. The zero-order valence-electron chi connectivity index (χ0n) is 11.3. The molecule has 2 nitrogen and oxygen atoms in total. The van der Waals surface area contributed by atoms with E-state index in [9.17, 15) is 4.39 Å². The molecule has 0 bridgehead atoms. The molecule has 104 valence electrons. The second-order valence-electron chi connectivity index (χ2n) is 5.02. The first-order valence-electron chi connectivity index (χ1n) is 6.83. The summed E-state index contributed by atoms with van der Waals surface area (Å²) >= 11 is 1.61. The van der Waals surface area contributed by atoms with E-state index in [0.29, 0.717) is 0 Å². The molecule has 0 saturated heterocycles. The highest BCUT2D eigenvalue weighted by Gasteiger charge is 2.24. The number of fused-ring (bicyclic) bond motifs is 1. The Morgan fingerprint density at radius 3 is 3.05 bits per heavy atom. The molecule has 0 saturated carbocycles. The van der Waals surface area contributed by atoms with E-state index in [1.807, 2.05) is 18.3 Å². The minimum Gasteiger partial charge on any atom is -0.303 e. The summed E-state index contributed by atoms with van der Waals surface area (Å²) in [7, 11) is 0. The van der Waals surface area contributed by atoms with E-state index in [4.69, 9.17) is 0 Å². The van der Waals surface area contributed by atoms with Crippen LogP contribution in [0.5, 0.6) is 0 Å². The summed E-state index contributed by atoms with van der Waals surface area (Å²) in [5.41, 5.74) is 2.24. The van der Waals surface area contributed by atoms with Crippen molar-refractivity contribution in [2.45, 2.75) is 30.3 Å². The molecule has 0 aliphatic carbocycles. The van der Waals surface area contributed by atoms with Gasteiger partial charge in [0.05, 0.1) is 0 Å². The maximum Gasteiger partial charge on any atom is 0.137 e. The van der Waals surface area contributed by atoms with Crippen LogP contribution in [0.4, 0.5) is 4.39 Å². The molecule has 2 heterocycles. The lowest BCUT2D eigenvalue weighted by atomic mass is 10.0. The Hall–Kier alpha value is -1.39. The van der Waals surface area contributed by atoms with Gasteiger partial charge < -0.3 is 5.32 Å². The molecule has 2 atom stereocenters. The average molecular weight is 288 g/mol. The standard InChI is InChI=1S/C16H17FN2S/c1-11(12-4-3-8-18-10-12)19-15-7-9-20-16-13(15)5-2-6-14(16)17/h2-6,8,10-11,15,19H,7,9H2,1H3. The van der Waals surface area contributed by atoms with Gasteiger partial charge in [0.2, 0.25) is 0 Å². The van der Waals surface area contributed by atoms with Gasteiger partial charge in [0.1, 0.15) is 5.82 Å². The van der Waals surface area contributed by atoms with E-state index in [-0.39, 0.29) is 17.9 Å². The Bertz CT molecular complexity index is 588. The maximum atomic E-state index is 13.8. The summed E-state index contributed by atoms with van der Waals surface area (Å²) in [5.74, 6) is 0.846. The third-order valence-corrected chi connectivity index (χ3v) is 4.82. The van der Waals surface area contributed by atoms with Gasteiger partial charge in [-0.25, -0.2) is 4.39 Å². The summed E-state index contributed by atoms with van der Waals surface area (Å²) in [6, 6.07) is 9.78. The number of pyridine rings is 1. The van der Waals surface area contributed by atoms with E-state index < -0.39 is 0 Å². The predicted octanol–water partition coefficient (Wildman–Crippen LogP) is 4.11. The zero-order valence-corrected chi connectivity index (χ0v) is 12.2. The fourth-order valence-corrected chi connectivity index (χ4v) is 3.73. The van der Waals surface area contributed by atoms with Crippen molar-refractivity contribution >= 4 is 11.8 Å². The minimum atomic E-state index is -0.104. The number of aromatic nitrogens is 1. The van der Waals surface area contributed by atoms with E-state index in [0.717, 1.165) is 28.2 Å². The Labute approximate surface area is 122 Å². The van der Waals surface area contributed by atoms with Crippen molar-refractivity contribution in [2.75, 3.05) is 5.75 Å². The molecule has 1 aliphatic heterocycles. The molecule has 0 radical (unpaired) electrons. The van der Waals surface area contributed by atoms with Crippen LogP contribution in [-0.4, -0.2) is 10.7 Å². The number of hydrogen-bond donors (Lipinski definition) is 1. The lowest BCUT2D eigenvalue weighted by Crippen LogP contribution is -2.27. The van der Waals surface area contributed by atoms with Crippen LogP contribution in [-0.2, 0) is 0 Å². The van der Waals surface area contributed by atoms with Gasteiger partial charge in [0.15, 0.2) is 0 Å². The van der Waals surface area contributed by atoms with Gasteiger partial charge in [-0.1, -0.05) is 18.2 Å². The topological polar surface area (TPSA) is 24.9 Å². The van der Waals surface area contributed by atoms with Gasteiger partial charge in [-0.05, 0) is 42.4 Å². The Morgan fingerprint density at radius 2 is 2.25 bits per heavy atom. The van der Waals surface area contributed by atoms with Gasteiger partial charge >= 0.3 is 0 Å². The summed E-state index contributed by atoms with van der Waals surface area (Å²) in [6.45, 7) is 2.12. The van der Waals surface area contributed by atoms with E-state index >= 15 is 0 Å². The van der Waals surface area contributed by atoms with Gasteiger partial charge in [-0.2, -0.15) is 0 Å². The SMILES string of the molecule is CC(NC1CCSc2c(F)cccc21)c1cccnc1. The highest BCUT2D eigenvalue weighted by Crippen LogP contribution is 2.38. The number of thioether (sulfide) groups is 1. The fraction of sp³-hybridized carbons (Fsp3) is 0.312. The van der Waals surface area contributed by atoms with E-state index in [1.54, 1.807) is 30.1 Å². The Balaban J connectivity index is 1.82. The first kappa shape index (κ1) is 13.6. The van der Waals surface area contributed by atoms with Crippen molar-refractivity contribution in [3.8, 4) is 0 Å². The molecule has 1 aromatic heterocycles. The zero-order chi connectivity index (χ0) is 13.9. The van der Waals surface area contributed by atoms with Gasteiger partial charge in [0, 0.05) is 29.4 Å². The van der Waals surface area contributed by atoms with Crippen LogP contribution in [0.3, 0.4) is 0 Å². The van der Waals surface area contributed by atoms with Crippen molar-refractivity contribution in [3.63, 3.8) is 0 Å². The molecule has 2 aromatic rings. The number of nitrogens with one attached hydrogen (secondary N) is 1. The van der Waals surface area contributed by atoms with Gasteiger partial charge in [0.25, 0.3) is 0 Å². The number of nitrogens with zero attached hydrogens (tertiary/aromatic N) is 1. The first-order valence-corrected chi connectivity index (χ1v) is 7.81. The summed E-state index contributed by atoms with van der Waals surface area (Å²) in [4.78, 5) is 4.95. The maximum absolute atomic E-state index is 13.8. The number of benzene rings is 1. The third kappa shape index (κ3) is 2.72. The summed E-state index contributed by atoms with van der Waals surface area (Å²) in [6.07, 6.45) is 4.67. The van der Waals surface area contributed by atoms with Crippen molar-refractivity contribution in [1.29, 1.82) is 0 Å². The van der Waals surface area contributed by atoms with Crippen LogP contribution < -0.4 is 5.32 Å². The van der Waals surface area contributed by atoms with Crippen LogP contribution in [0.25, 0.3) is 0 Å². The molecule has 1 N–H and O–H groups in total. The first-order chi connectivity index (χ1) is 9.75. The lowest BCUT2D eigenvalue weighted by molar-refractivity contribution is 0.443. The molecule has 20 heavy (non-hydrogen) atoms. The highest BCUT2D eigenvalue weighted by molar-refractivity contribution is 7.99. The number of halogens is 1.